The molecule has 1 rings (SSSR count). The minimum atomic E-state index is -0.896. The zero-order valence-corrected chi connectivity index (χ0v) is 8.67. The Labute approximate surface area is 86.2 Å². The number of aryl methyl sites for hydroxylation is 1. The second-order valence-corrected chi connectivity index (χ2v) is 3.04. The third kappa shape index (κ3) is 2.12. The maximum Gasteiger partial charge on any atom is 0.283 e. The highest BCUT2D eigenvalue weighted by molar-refractivity contribution is 5.94. The number of rotatable bonds is 2. The molecule has 3 nitrogen and oxygen atoms in total. The van der Waals surface area contributed by atoms with Gasteiger partial charge >= 0.3 is 0 Å². The second kappa shape index (κ2) is 4.35. The Hall–Kier alpha value is -1.49. The molecule has 0 radical (unpaired) electrons. The van der Waals surface area contributed by atoms with E-state index in [1.54, 1.807) is 0 Å². The van der Waals surface area contributed by atoms with Crippen LogP contribution in [0.5, 0.6) is 0 Å². The van der Waals surface area contributed by atoms with Crippen molar-refractivity contribution in [1.29, 1.82) is 0 Å². The summed E-state index contributed by atoms with van der Waals surface area (Å²) in [6.07, 6.45) is 0. The number of halogens is 2. The van der Waals surface area contributed by atoms with Crippen LogP contribution in [0.2, 0.25) is 0 Å². The molecule has 0 N–H and O–H groups in total. The number of hydrogen-bond acceptors (Lipinski definition) is 2. The first-order valence-corrected chi connectivity index (χ1v) is 4.25. The third-order valence-corrected chi connectivity index (χ3v) is 2.06. The van der Waals surface area contributed by atoms with Crippen LogP contribution in [0.4, 0.5) is 8.78 Å². The van der Waals surface area contributed by atoms with E-state index in [2.05, 4.69) is 4.84 Å². The molecule has 0 heterocycles. The zero-order chi connectivity index (χ0) is 11.6. The Morgan fingerprint density at radius 3 is 2.53 bits per heavy atom. The van der Waals surface area contributed by atoms with Crippen molar-refractivity contribution in [1.82, 2.24) is 5.06 Å². The van der Waals surface area contributed by atoms with Crippen LogP contribution < -0.4 is 0 Å². The van der Waals surface area contributed by atoms with Crippen molar-refractivity contribution in [3.63, 3.8) is 0 Å². The van der Waals surface area contributed by atoms with Crippen LogP contribution in [0.1, 0.15) is 15.9 Å². The summed E-state index contributed by atoms with van der Waals surface area (Å²) in [4.78, 5) is 16.1. The first-order chi connectivity index (χ1) is 6.99. The normalized spacial score (nSPS) is 10.2. The molecule has 0 bridgehead atoms. The first kappa shape index (κ1) is 11.6. The molecule has 0 aromatic heterocycles. The lowest BCUT2D eigenvalue weighted by Gasteiger charge is -2.15. The summed E-state index contributed by atoms with van der Waals surface area (Å²) in [5.74, 6) is -2.60. The lowest BCUT2D eigenvalue weighted by Crippen LogP contribution is -2.27. The van der Waals surface area contributed by atoms with E-state index in [9.17, 15) is 13.6 Å². The molecule has 15 heavy (non-hydrogen) atoms. The molecule has 0 saturated carbocycles. The number of carbonyl (C=O) groups excluding carboxylic acids is 1. The number of carbonyl (C=O) groups is 1. The van der Waals surface area contributed by atoms with Gasteiger partial charge < -0.3 is 0 Å². The molecule has 0 unspecified atom stereocenters. The quantitative estimate of drug-likeness (QED) is 0.705. The van der Waals surface area contributed by atoms with Crippen LogP contribution in [-0.4, -0.2) is 25.1 Å². The molecule has 82 valence electrons. The Bertz CT molecular complexity index is 393. The van der Waals surface area contributed by atoms with Gasteiger partial charge in [0.05, 0.1) is 7.11 Å². The van der Waals surface area contributed by atoms with Crippen LogP contribution in [0, 0.1) is 18.6 Å². The molecular weight excluding hydrogens is 204 g/mol. The minimum Gasteiger partial charge on any atom is -0.274 e. The lowest BCUT2D eigenvalue weighted by molar-refractivity contribution is -0.0762. The van der Waals surface area contributed by atoms with Crippen molar-refractivity contribution in [2.45, 2.75) is 6.92 Å². The average Bonchev–Trinajstić information content (AvgIpc) is 2.22. The van der Waals surface area contributed by atoms with Gasteiger partial charge in [-0.15, -0.1) is 0 Å². The van der Waals surface area contributed by atoms with E-state index in [1.165, 1.54) is 27.1 Å². The van der Waals surface area contributed by atoms with Crippen molar-refractivity contribution < 1.29 is 18.4 Å². The number of nitrogens with zero attached hydrogens (tertiary/aromatic N) is 1. The van der Waals surface area contributed by atoms with Gasteiger partial charge in [0.25, 0.3) is 5.91 Å². The molecule has 1 aromatic rings. The minimum absolute atomic E-state index is 0.212. The average molecular weight is 215 g/mol. The van der Waals surface area contributed by atoms with E-state index < -0.39 is 23.1 Å². The van der Waals surface area contributed by atoms with E-state index in [-0.39, 0.29) is 5.56 Å². The van der Waals surface area contributed by atoms with Crippen LogP contribution >= 0.6 is 0 Å². The van der Waals surface area contributed by atoms with Crippen molar-refractivity contribution in [2.75, 3.05) is 14.2 Å². The van der Waals surface area contributed by atoms with Crippen molar-refractivity contribution in [3.05, 3.63) is 34.9 Å². The number of hydrogen-bond donors (Lipinski definition) is 0. The molecule has 0 aliphatic rings. The topological polar surface area (TPSA) is 29.5 Å². The van der Waals surface area contributed by atoms with Gasteiger partial charge in [0.2, 0.25) is 0 Å². The summed E-state index contributed by atoms with van der Waals surface area (Å²) in [7, 11) is 2.52. The van der Waals surface area contributed by atoms with E-state index in [0.29, 0.717) is 0 Å². The molecular formula is C10H11F2NO2. The fraction of sp³-hybridized carbons (Fsp3) is 0.300. The highest BCUT2D eigenvalue weighted by Crippen LogP contribution is 2.17. The molecule has 1 aromatic carbocycles. The van der Waals surface area contributed by atoms with Gasteiger partial charge in [-0.05, 0) is 18.6 Å². The molecule has 0 atom stereocenters. The fourth-order valence-corrected chi connectivity index (χ4v) is 1.09. The Morgan fingerprint density at radius 2 is 2.00 bits per heavy atom. The highest BCUT2D eigenvalue weighted by atomic mass is 19.1. The summed E-state index contributed by atoms with van der Waals surface area (Å²) >= 11 is 0. The molecule has 0 aliphatic carbocycles. The standard InChI is InChI=1S/C10H11F2NO2/c1-6-4-5-7(11)8(9(6)12)10(14)13(2)15-3/h4-5H,1-3H3. The summed E-state index contributed by atoms with van der Waals surface area (Å²) in [6, 6.07) is 2.32. The molecule has 1 amide bonds. The van der Waals surface area contributed by atoms with Crippen molar-refractivity contribution in [3.8, 4) is 0 Å². The largest absolute Gasteiger partial charge is 0.283 e. The maximum absolute atomic E-state index is 13.5. The number of amides is 1. The van der Waals surface area contributed by atoms with Crippen molar-refractivity contribution >= 4 is 5.91 Å². The van der Waals surface area contributed by atoms with E-state index in [1.807, 2.05) is 0 Å². The maximum atomic E-state index is 13.5. The monoisotopic (exact) mass is 215 g/mol. The van der Waals surface area contributed by atoms with E-state index in [4.69, 9.17) is 0 Å². The second-order valence-electron chi connectivity index (χ2n) is 3.04. The smallest absolute Gasteiger partial charge is 0.274 e. The Balaban J connectivity index is 3.24. The summed E-state index contributed by atoms with van der Waals surface area (Å²) in [6.45, 7) is 1.46. The Morgan fingerprint density at radius 1 is 1.40 bits per heavy atom. The predicted octanol–water partition coefficient (Wildman–Crippen LogP) is 1.91. The third-order valence-electron chi connectivity index (χ3n) is 2.06. The van der Waals surface area contributed by atoms with Gasteiger partial charge in [-0.1, -0.05) is 6.07 Å². The van der Waals surface area contributed by atoms with Gasteiger partial charge in [-0.3, -0.25) is 9.63 Å². The predicted molar refractivity (Wildman–Crippen MR) is 50.2 cm³/mol. The summed E-state index contributed by atoms with van der Waals surface area (Å²) < 4.78 is 26.7. The number of benzene rings is 1. The van der Waals surface area contributed by atoms with Crippen LogP contribution in [0.25, 0.3) is 0 Å². The van der Waals surface area contributed by atoms with Crippen LogP contribution in [0.3, 0.4) is 0 Å². The van der Waals surface area contributed by atoms with Crippen LogP contribution in [0.15, 0.2) is 12.1 Å². The molecule has 0 spiro atoms. The highest BCUT2D eigenvalue weighted by Gasteiger charge is 2.22. The molecule has 0 fully saturated rings. The first-order valence-electron chi connectivity index (χ1n) is 4.25. The van der Waals surface area contributed by atoms with Crippen LogP contribution in [-0.2, 0) is 4.84 Å². The lowest BCUT2D eigenvalue weighted by atomic mass is 10.1. The van der Waals surface area contributed by atoms with Gasteiger partial charge in [0.15, 0.2) is 0 Å². The molecule has 0 saturated heterocycles. The SMILES string of the molecule is CON(C)C(=O)c1c(F)ccc(C)c1F. The fourth-order valence-electron chi connectivity index (χ4n) is 1.09. The summed E-state index contributed by atoms with van der Waals surface area (Å²) in [5.41, 5.74) is -0.386. The molecule has 5 heteroatoms. The van der Waals surface area contributed by atoms with Gasteiger partial charge in [-0.2, -0.15) is 0 Å². The van der Waals surface area contributed by atoms with Gasteiger partial charge in [0, 0.05) is 7.05 Å². The van der Waals surface area contributed by atoms with Gasteiger partial charge in [0.1, 0.15) is 17.2 Å². The van der Waals surface area contributed by atoms with E-state index in [0.717, 1.165) is 11.1 Å². The molecule has 0 aliphatic heterocycles. The van der Waals surface area contributed by atoms with Gasteiger partial charge in [-0.25, -0.2) is 13.8 Å². The zero-order valence-electron chi connectivity index (χ0n) is 8.67. The Kier molecular flexibility index (Phi) is 3.36. The number of hydroxylamine groups is 2. The summed E-state index contributed by atoms with van der Waals surface area (Å²) in [5, 5.41) is 0.765. The van der Waals surface area contributed by atoms with Crippen molar-refractivity contribution in [2.24, 2.45) is 0 Å². The van der Waals surface area contributed by atoms with E-state index >= 15 is 0 Å².